The van der Waals surface area contributed by atoms with Crippen molar-refractivity contribution >= 4 is 40.0 Å². The fourth-order valence-electron chi connectivity index (χ4n) is 6.28. The molecule has 7 rings (SSSR count). The number of hydrogen-bond acceptors (Lipinski definition) is 7. The van der Waals surface area contributed by atoms with Crippen LogP contribution in [0.25, 0.3) is 33.9 Å². The second-order valence-electron chi connectivity index (χ2n) is 11.3. The highest BCUT2D eigenvalue weighted by atomic mass is 32.1. The van der Waals surface area contributed by atoms with Crippen LogP contribution in [0.4, 0.5) is 0 Å². The van der Waals surface area contributed by atoms with Gasteiger partial charge in [0.05, 0.1) is 48.4 Å². The normalized spacial score (nSPS) is 14.5. The molecule has 0 radical (unpaired) electrons. The van der Waals surface area contributed by atoms with E-state index in [0.717, 1.165) is 38.9 Å². The number of rotatable bonds is 8. The van der Waals surface area contributed by atoms with Gasteiger partial charge < -0.3 is 19.2 Å². The zero-order valence-electron chi connectivity index (χ0n) is 26.9. The van der Waals surface area contributed by atoms with Gasteiger partial charge in [-0.25, -0.2) is 9.79 Å². The van der Waals surface area contributed by atoms with Gasteiger partial charge in [-0.3, -0.25) is 9.36 Å². The monoisotopic (exact) mass is 655 g/mol. The van der Waals surface area contributed by atoms with E-state index in [1.54, 1.807) is 37.8 Å². The third kappa shape index (κ3) is 5.32. The van der Waals surface area contributed by atoms with Crippen LogP contribution in [0.2, 0.25) is 0 Å². The lowest BCUT2D eigenvalue weighted by Gasteiger charge is -2.26. The van der Waals surface area contributed by atoms with Crippen molar-refractivity contribution in [2.75, 3.05) is 20.8 Å². The van der Waals surface area contributed by atoms with E-state index < -0.39 is 12.0 Å². The summed E-state index contributed by atoms with van der Waals surface area (Å²) in [6.45, 7) is 3.99. The van der Waals surface area contributed by atoms with Gasteiger partial charge in [0.1, 0.15) is 0 Å². The Balaban J connectivity index is 1.55. The second-order valence-corrected chi connectivity index (χ2v) is 12.3. The Labute approximate surface area is 280 Å². The van der Waals surface area contributed by atoms with E-state index in [1.165, 1.54) is 11.3 Å². The minimum atomic E-state index is -0.851. The van der Waals surface area contributed by atoms with Crippen LogP contribution in [0.1, 0.15) is 35.2 Å². The number of aromatic nitrogens is 2. The Morgan fingerprint density at radius 2 is 1.62 bits per heavy atom. The van der Waals surface area contributed by atoms with Gasteiger partial charge in [-0.2, -0.15) is 0 Å². The number of benzene rings is 4. The molecule has 3 heterocycles. The summed E-state index contributed by atoms with van der Waals surface area (Å²) in [5.41, 5.74) is 6.78. The summed E-state index contributed by atoms with van der Waals surface area (Å²) < 4.78 is 18.9. The lowest BCUT2D eigenvalue weighted by Crippen LogP contribution is -2.40. The smallest absolute Gasteiger partial charge is 0.338 e. The predicted octanol–water partition coefficient (Wildman–Crippen LogP) is 6.41. The van der Waals surface area contributed by atoms with Crippen molar-refractivity contribution in [2.24, 2.45) is 4.99 Å². The summed E-state index contributed by atoms with van der Waals surface area (Å²) in [4.78, 5) is 37.6. The molecule has 1 aliphatic heterocycles. The molecule has 0 fully saturated rings. The number of methoxy groups -OCH3 is 2. The second kappa shape index (κ2) is 12.8. The fourth-order valence-corrected chi connectivity index (χ4v) is 7.26. The molecule has 1 aliphatic rings. The van der Waals surface area contributed by atoms with Crippen molar-refractivity contribution in [3.8, 4) is 22.8 Å². The predicted molar refractivity (Wildman–Crippen MR) is 189 cm³/mol. The van der Waals surface area contributed by atoms with Gasteiger partial charge >= 0.3 is 5.97 Å². The number of nitrogens with zero attached hydrogens (tertiary/aromatic N) is 2. The zero-order valence-corrected chi connectivity index (χ0v) is 27.8. The molecule has 48 heavy (non-hydrogen) atoms. The summed E-state index contributed by atoms with van der Waals surface area (Å²) in [6, 6.07) is 30.3. The molecule has 0 saturated heterocycles. The van der Waals surface area contributed by atoms with Crippen LogP contribution in [0, 0.1) is 6.92 Å². The number of ether oxygens (including phenoxy) is 3. The van der Waals surface area contributed by atoms with Crippen molar-refractivity contribution in [2.45, 2.75) is 19.9 Å². The van der Waals surface area contributed by atoms with E-state index >= 15 is 0 Å². The number of carbonyl (C=O) groups is 1. The van der Waals surface area contributed by atoms with Crippen molar-refractivity contribution in [1.82, 2.24) is 9.55 Å². The van der Waals surface area contributed by atoms with Crippen LogP contribution in [0.5, 0.6) is 11.5 Å². The Kier molecular flexibility index (Phi) is 8.29. The number of para-hydroxylation sites is 1. The highest BCUT2D eigenvalue weighted by Crippen LogP contribution is 2.39. The number of carbonyl (C=O) groups excluding carboxylic acids is 1. The maximum Gasteiger partial charge on any atom is 0.338 e. The summed E-state index contributed by atoms with van der Waals surface area (Å²) in [5, 5.41) is 1.01. The average molecular weight is 656 g/mol. The minimum Gasteiger partial charge on any atom is -0.493 e. The van der Waals surface area contributed by atoms with Crippen LogP contribution in [-0.2, 0) is 9.53 Å². The highest BCUT2D eigenvalue weighted by Gasteiger charge is 2.35. The van der Waals surface area contributed by atoms with Crippen molar-refractivity contribution < 1.29 is 19.0 Å². The summed E-state index contributed by atoms with van der Waals surface area (Å²) >= 11 is 1.29. The highest BCUT2D eigenvalue weighted by molar-refractivity contribution is 7.07. The van der Waals surface area contributed by atoms with Gasteiger partial charge in [0.2, 0.25) is 0 Å². The van der Waals surface area contributed by atoms with Gasteiger partial charge in [0, 0.05) is 22.0 Å². The molecule has 0 amide bonds. The number of thiazole rings is 1. The first-order valence-electron chi connectivity index (χ1n) is 15.6. The number of aromatic amines is 1. The third-order valence-electron chi connectivity index (χ3n) is 8.52. The van der Waals surface area contributed by atoms with Crippen LogP contribution in [0.3, 0.4) is 0 Å². The minimum absolute atomic E-state index is 0.162. The molecule has 1 N–H and O–H groups in total. The Bertz CT molecular complexity index is 2390. The van der Waals surface area contributed by atoms with E-state index in [4.69, 9.17) is 19.2 Å². The van der Waals surface area contributed by atoms with Crippen LogP contribution >= 0.6 is 11.3 Å². The third-order valence-corrected chi connectivity index (χ3v) is 9.50. The van der Waals surface area contributed by atoms with E-state index in [-0.39, 0.29) is 17.7 Å². The van der Waals surface area contributed by atoms with Crippen molar-refractivity contribution in [1.29, 1.82) is 0 Å². The van der Waals surface area contributed by atoms with Gasteiger partial charge in [-0.05, 0) is 48.7 Å². The maximum atomic E-state index is 14.7. The first kappa shape index (κ1) is 31.0. The SMILES string of the molecule is CCOC(=O)C1=C(c2ccccc2)N=c2s/c(=C/c3c(-c4ccccc4)[nH]c4c(C)cccc34)c(=O)n2[C@H]1c1ccc(OC)c(OC)c1. The molecule has 240 valence electrons. The quantitative estimate of drug-likeness (QED) is 0.191. The largest absolute Gasteiger partial charge is 0.493 e. The molecule has 6 aromatic rings. The molecule has 2 aromatic heterocycles. The van der Waals surface area contributed by atoms with Crippen LogP contribution < -0.4 is 24.4 Å². The lowest BCUT2D eigenvalue weighted by molar-refractivity contribution is -0.138. The Hall–Kier alpha value is -5.67. The van der Waals surface area contributed by atoms with Gasteiger partial charge in [-0.1, -0.05) is 96.3 Å². The molecule has 8 nitrogen and oxygen atoms in total. The van der Waals surface area contributed by atoms with Crippen molar-refractivity contribution in [3.05, 3.63) is 145 Å². The topological polar surface area (TPSA) is 94.9 Å². The summed E-state index contributed by atoms with van der Waals surface area (Å²) in [5.74, 6) is 0.453. The molecule has 0 saturated carbocycles. The number of hydrogen-bond donors (Lipinski definition) is 1. The average Bonchev–Trinajstić information content (AvgIpc) is 3.65. The van der Waals surface area contributed by atoms with Gasteiger partial charge in [-0.15, -0.1) is 0 Å². The standard InChI is InChI=1S/C39H33N3O5S/c1-5-47-38(44)32-35(25-16-10-7-11-17-25)41-39-42(36(32)26-19-20-29(45-3)30(21-26)46-4)37(43)31(48-39)22-28-27-18-12-13-23(2)33(27)40-34(28)24-14-8-6-9-15-24/h6-22,36,40H,5H2,1-4H3/b31-22+/t36-/m0/s1. The molecule has 1 atom stereocenters. The molecule has 0 bridgehead atoms. The zero-order chi connectivity index (χ0) is 33.4. The van der Waals surface area contributed by atoms with Gasteiger partial charge in [0.25, 0.3) is 5.56 Å². The van der Waals surface area contributed by atoms with E-state index in [9.17, 15) is 9.59 Å². The fraction of sp³-hybridized carbons (Fsp3) is 0.154. The molecule has 0 aliphatic carbocycles. The number of H-pyrrole nitrogens is 1. The summed E-state index contributed by atoms with van der Waals surface area (Å²) in [6.07, 6.45) is 1.94. The molecule has 0 unspecified atom stereocenters. The Morgan fingerprint density at radius 3 is 2.31 bits per heavy atom. The number of fused-ring (bicyclic) bond motifs is 2. The van der Waals surface area contributed by atoms with Crippen molar-refractivity contribution in [3.63, 3.8) is 0 Å². The number of aryl methyl sites for hydroxylation is 1. The van der Waals surface area contributed by atoms with Crippen LogP contribution in [-0.4, -0.2) is 36.3 Å². The van der Waals surface area contributed by atoms with Crippen LogP contribution in [0.15, 0.2) is 112 Å². The maximum absolute atomic E-state index is 14.7. The first-order chi connectivity index (χ1) is 23.4. The number of esters is 1. The summed E-state index contributed by atoms with van der Waals surface area (Å²) in [7, 11) is 3.12. The van der Waals surface area contributed by atoms with E-state index in [0.29, 0.717) is 32.1 Å². The molecule has 0 spiro atoms. The first-order valence-corrected chi connectivity index (χ1v) is 16.4. The molecular weight excluding hydrogens is 623 g/mol. The van der Waals surface area contributed by atoms with Gasteiger partial charge in [0.15, 0.2) is 16.3 Å². The lowest BCUT2D eigenvalue weighted by atomic mass is 9.93. The number of nitrogens with one attached hydrogen (secondary N) is 1. The van der Waals surface area contributed by atoms with E-state index in [1.807, 2.05) is 78.9 Å². The molecule has 4 aromatic carbocycles. The molecule has 9 heteroatoms. The van der Waals surface area contributed by atoms with E-state index in [2.05, 4.69) is 24.0 Å². The molecular formula is C39H33N3O5S. The Morgan fingerprint density at radius 1 is 0.917 bits per heavy atom.